The SMILES string of the molecule is Clc1cccc2c1C(NCCn1ccnc1)c1ccccc1O2. The summed E-state index contributed by atoms with van der Waals surface area (Å²) in [6, 6.07) is 13.9. The maximum Gasteiger partial charge on any atom is 0.134 e. The van der Waals surface area contributed by atoms with E-state index >= 15 is 0 Å². The minimum Gasteiger partial charge on any atom is -0.457 e. The van der Waals surface area contributed by atoms with E-state index in [-0.39, 0.29) is 6.04 Å². The van der Waals surface area contributed by atoms with Gasteiger partial charge in [-0.15, -0.1) is 0 Å². The van der Waals surface area contributed by atoms with Crippen LogP contribution in [-0.4, -0.2) is 16.1 Å². The van der Waals surface area contributed by atoms with E-state index in [2.05, 4.69) is 16.4 Å². The van der Waals surface area contributed by atoms with Crippen molar-refractivity contribution in [1.82, 2.24) is 14.9 Å². The minimum atomic E-state index is 0.0205. The Balaban J connectivity index is 1.64. The van der Waals surface area contributed by atoms with Gasteiger partial charge in [0.05, 0.1) is 12.4 Å². The van der Waals surface area contributed by atoms with Crippen LogP contribution in [-0.2, 0) is 6.54 Å². The number of rotatable bonds is 4. The van der Waals surface area contributed by atoms with Gasteiger partial charge in [0.1, 0.15) is 11.5 Å². The van der Waals surface area contributed by atoms with Crippen molar-refractivity contribution >= 4 is 11.6 Å². The first-order valence-electron chi connectivity index (χ1n) is 7.57. The van der Waals surface area contributed by atoms with Crippen LogP contribution in [0.25, 0.3) is 0 Å². The van der Waals surface area contributed by atoms with Crippen LogP contribution >= 0.6 is 11.6 Å². The number of benzene rings is 2. The van der Waals surface area contributed by atoms with E-state index in [9.17, 15) is 0 Å². The molecular formula is C18H16ClN3O. The second kappa shape index (κ2) is 6.07. The summed E-state index contributed by atoms with van der Waals surface area (Å²) in [5.41, 5.74) is 2.11. The lowest BCUT2D eigenvalue weighted by Crippen LogP contribution is -2.28. The van der Waals surface area contributed by atoms with Gasteiger partial charge >= 0.3 is 0 Å². The molecule has 3 aromatic rings. The minimum absolute atomic E-state index is 0.0205. The maximum atomic E-state index is 6.45. The number of nitrogens with one attached hydrogen (secondary N) is 1. The van der Waals surface area contributed by atoms with Gasteiger partial charge in [-0.25, -0.2) is 4.98 Å². The first-order valence-corrected chi connectivity index (χ1v) is 7.95. The number of aromatic nitrogens is 2. The van der Waals surface area contributed by atoms with Crippen molar-refractivity contribution in [2.75, 3.05) is 6.54 Å². The second-order valence-corrected chi connectivity index (χ2v) is 5.89. The Bertz CT molecular complexity index is 817. The number of imidazole rings is 1. The third-order valence-electron chi connectivity index (χ3n) is 4.03. The molecule has 0 fully saturated rings. The van der Waals surface area contributed by atoms with Crippen molar-refractivity contribution in [2.45, 2.75) is 12.6 Å². The van der Waals surface area contributed by atoms with Crippen LogP contribution in [0.15, 0.2) is 61.2 Å². The highest BCUT2D eigenvalue weighted by Crippen LogP contribution is 2.45. The Hall–Kier alpha value is -2.30. The van der Waals surface area contributed by atoms with E-state index in [0.29, 0.717) is 0 Å². The number of halogens is 1. The first-order chi connectivity index (χ1) is 11.3. The molecule has 5 heteroatoms. The van der Waals surface area contributed by atoms with Crippen LogP contribution in [0.2, 0.25) is 5.02 Å². The second-order valence-electron chi connectivity index (χ2n) is 5.48. The van der Waals surface area contributed by atoms with E-state index < -0.39 is 0 Å². The average molecular weight is 326 g/mol. The number of nitrogens with zero attached hydrogens (tertiary/aromatic N) is 2. The van der Waals surface area contributed by atoms with Gasteiger partial charge in [0.15, 0.2) is 0 Å². The molecule has 0 amide bonds. The summed E-state index contributed by atoms with van der Waals surface area (Å²) in [7, 11) is 0. The third-order valence-corrected chi connectivity index (χ3v) is 4.36. The molecule has 1 N–H and O–H groups in total. The van der Waals surface area contributed by atoms with Crippen LogP contribution in [0.5, 0.6) is 11.5 Å². The largest absolute Gasteiger partial charge is 0.457 e. The molecule has 0 saturated heterocycles. The molecule has 1 aliphatic heterocycles. The monoisotopic (exact) mass is 325 g/mol. The topological polar surface area (TPSA) is 39.1 Å². The lowest BCUT2D eigenvalue weighted by molar-refractivity contribution is 0.424. The van der Waals surface area contributed by atoms with E-state index in [0.717, 1.165) is 40.7 Å². The fraction of sp³-hybridized carbons (Fsp3) is 0.167. The van der Waals surface area contributed by atoms with Crippen molar-refractivity contribution in [3.05, 3.63) is 77.3 Å². The van der Waals surface area contributed by atoms with Crippen LogP contribution in [0.3, 0.4) is 0 Å². The van der Waals surface area contributed by atoms with E-state index in [4.69, 9.17) is 16.3 Å². The van der Waals surface area contributed by atoms with Crippen molar-refractivity contribution in [2.24, 2.45) is 0 Å². The van der Waals surface area contributed by atoms with Crippen LogP contribution in [0, 0.1) is 0 Å². The molecule has 1 atom stereocenters. The van der Waals surface area contributed by atoms with E-state index in [1.165, 1.54) is 0 Å². The molecule has 23 heavy (non-hydrogen) atoms. The van der Waals surface area contributed by atoms with Gasteiger partial charge in [0.25, 0.3) is 0 Å². The third kappa shape index (κ3) is 2.71. The Kier molecular flexibility index (Phi) is 3.77. The zero-order chi connectivity index (χ0) is 15.6. The van der Waals surface area contributed by atoms with Crippen molar-refractivity contribution < 1.29 is 4.74 Å². The van der Waals surface area contributed by atoms with Gasteiger partial charge in [0, 0.05) is 41.6 Å². The molecule has 4 rings (SSSR count). The van der Waals surface area contributed by atoms with Gasteiger partial charge in [-0.1, -0.05) is 35.9 Å². The highest BCUT2D eigenvalue weighted by atomic mass is 35.5. The highest BCUT2D eigenvalue weighted by molar-refractivity contribution is 6.31. The summed E-state index contributed by atoms with van der Waals surface area (Å²) in [4.78, 5) is 4.07. The summed E-state index contributed by atoms with van der Waals surface area (Å²) >= 11 is 6.45. The lowest BCUT2D eigenvalue weighted by Gasteiger charge is -2.29. The fourth-order valence-corrected chi connectivity index (χ4v) is 3.22. The van der Waals surface area contributed by atoms with E-state index in [1.807, 2.05) is 53.5 Å². The molecule has 0 bridgehead atoms. The van der Waals surface area contributed by atoms with E-state index in [1.54, 1.807) is 6.20 Å². The molecule has 1 aliphatic rings. The standard InChI is InChI=1S/C18H16ClN3O/c19-14-5-3-7-16-17(14)18(13-4-1-2-6-15(13)23-16)21-9-11-22-10-8-20-12-22/h1-8,10,12,18,21H,9,11H2. The molecule has 2 heterocycles. The van der Waals surface area contributed by atoms with Crippen molar-refractivity contribution in [3.8, 4) is 11.5 Å². The number of fused-ring (bicyclic) bond motifs is 2. The molecule has 2 aromatic carbocycles. The number of para-hydroxylation sites is 1. The number of hydrogen-bond acceptors (Lipinski definition) is 3. The van der Waals surface area contributed by atoms with Gasteiger partial charge < -0.3 is 14.6 Å². The summed E-state index contributed by atoms with van der Waals surface area (Å²) in [6.45, 7) is 1.65. The van der Waals surface area contributed by atoms with Gasteiger partial charge in [0.2, 0.25) is 0 Å². The summed E-state index contributed by atoms with van der Waals surface area (Å²) in [5.74, 6) is 1.69. The quantitative estimate of drug-likeness (QED) is 0.787. The average Bonchev–Trinajstić information content (AvgIpc) is 3.08. The van der Waals surface area contributed by atoms with Gasteiger partial charge in [-0.05, 0) is 18.2 Å². The first kappa shape index (κ1) is 14.3. The number of hydrogen-bond donors (Lipinski definition) is 1. The predicted molar refractivity (Wildman–Crippen MR) is 90.0 cm³/mol. The molecule has 1 aromatic heterocycles. The molecule has 1 unspecified atom stereocenters. The molecule has 0 spiro atoms. The maximum absolute atomic E-state index is 6.45. The van der Waals surface area contributed by atoms with Crippen molar-refractivity contribution in [3.63, 3.8) is 0 Å². The molecule has 0 aliphatic carbocycles. The summed E-state index contributed by atoms with van der Waals surface area (Å²) in [5, 5.41) is 4.32. The number of ether oxygens (including phenoxy) is 1. The summed E-state index contributed by atoms with van der Waals surface area (Å²) < 4.78 is 8.05. The molecule has 0 radical (unpaired) electrons. The Morgan fingerprint density at radius 3 is 2.87 bits per heavy atom. The highest BCUT2D eigenvalue weighted by Gasteiger charge is 2.28. The van der Waals surface area contributed by atoms with Gasteiger partial charge in [-0.2, -0.15) is 0 Å². The molecular weight excluding hydrogens is 310 g/mol. The molecule has 0 saturated carbocycles. The Morgan fingerprint density at radius 1 is 1.13 bits per heavy atom. The Morgan fingerprint density at radius 2 is 2.00 bits per heavy atom. The molecule has 116 valence electrons. The summed E-state index contributed by atoms with van der Waals surface area (Å²) in [6.07, 6.45) is 5.57. The zero-order valence-corrected chi connectivity index (χ0v) is 13.2. The fourth-order valence-electron chi connectivity index (χ4n) is 2.94. The van der Waals surface area contributed by atoms with Crippen LogP contribution in [0.4, 0.5) is 0 Å². The predicted octanol–water partition coefficient (Wildman–Crippen LogP) is 4.02. The molecule has 4 nitrogen and oxygen atoms in total. The zero-order valence-electron chi connectivity index (χ0n) is 12.4. The van der Waals surface area contributed by atoms with Crippen LogP contribution < -0.4 is 10.1 Å². The Labute approximate surface area is 139 Å². The normalized spacial score (nSPS) is 15.6. The van der Waals surface area contributed by atoms with Crippen molar-refractivity contribution in [1.29, 1.82) is 0 Å². The van der Waals surface area contributed by atoms with Gasteiger partial charge in [-0.3, -0.25) is 0 Å². The smallest absolute Gasteiger partial charge is 0.134 e. The van der Waals surface area contributed by atoms with Crippen LogP contribution in [0.1, 0.15) is 17.2 Å². The lowest BCUT2D eigenvalue weighted by atomic mass is 9.94.